The van der Waals surface area contributed by atoms with Gasteiger partial charge < -0.3 is 10.2 Å². The molecule has 2 nitrogen and oxygen atoms in total. The van der Waals surface area contributed by atoms with Crippen molar-refractivity contribution in [2.24, 2.45) is 0 Å². The van der Waals surface area contributed by atoms with Gasteiger partial charge in [0, 0.05) is 5.92 Å². The van der Waals surface area contributed by atoms with E-state index in [0.29, 0.717) is 29.3 Å². The molecule has 0 aliphatic heterocycles. The molecule has 2 saturated carbocycles. The molecular formula is C31H44O2. The number of unbranched alkanes of at least 4 members (excludes halogenated alkanes) is 3. The molecule has 4 rings (SSSR count). The Morgan fingerprint density at radius 3 is 1.61 bits per heavy atom. The first-order valence-corrected chi connectivity index (χ1v) is 13.8. The summed E-state index contributed by atoms with van der Waals surface area (Å²) >= 11 is 0. The van der Waals surface area contributed by atoms with Crippen molar-refractivity contribution in [1.29, 1.82) is 0 Å². The molecule has 0 saturated heterocycles. The van der Waals surface area contributed by atoms with Crippen LogP contribution in [0.3, 0.4) is 0 Å². The third-order valence-corrected chi connectivity index (χ3v) is 8.34. The summed E-state index contributed by atoms with van der Waals surface area (Å²) < 4.78 is 0. The summed E-state index contributed by atoms with van der Waals surface area (Å²) in [5, 5.41) is 21.4. The largest absolute Gasteiger partial charge is 0.508 e. The lowest BCUT2D eigenvalue weighted by Crippen LogP contribution is -2.09. The maximum absolute atomic E-state index is 10.7. The highest BCUT2D eigenvalue weighted by Gasteiger charge is 2.24. The van der Waals surface area contributed by atoms with Gasteiger partial charge in [0.05, 0.1) is 0 Å². The molecule has 0 spiro atoms. The first-order valence-electron chi connectivity index (χ1n) is 13.8. The predicted molar refractivity (Wildman–Crippen MR) is 138 cm³/mol. The lowest BCUT2D eigenvalue weighted by atomic mass is 9.78. The van der Waals surface area contributed by atoms with E-state index in [1.165, 1.54) is 101 Å². The van der Waals surface area contributed by atoms with Gasteiger partial charge in [-0.2, -0.15) is 0 Å². The van der Waals surface area contributed by atoms with Crippen molar-refractivity contribution in [1.82, 2.24) is 0 Å². The zero-order valence-electron chi connectivity index (χ0n) is 20.7. The Balaban J connectivity index is 1.65. The molecular weight excluding hydrogens is 404 g/mol. The van der Waals surface area contributed by atoms with E-state index in [9.17, 15) is 10.2 Å². The number of aromatic hydroxyl groups is 2. The van der Waals surface area contributed by atoms with Gasteiger partial charge in [-0.3, -0.25) is 0 Å². The summed E-state index contributed by atoms with van der Waals surface area (Å²) in [6.45, 7) is 2.27. The number of hydrogen-bond donors (Lipinski definition) is 2. The van der Waals surface area contributed by atoms with Crippen molar-refractivity contribution in [3.8, 4) is 11.5 Å². The predicted octanol–water partition coefficient (Wildman–Crippen LogP) is 9.30. The molecule has 0 aromatic heterocycles. The van der Waals surface area contributed by atoms with Crippen LogP contribution in [0, 0.1) is 0 Å². The van der Waals surface area contributed by atoms with Crippen LogP contribution in [0.5, 0.6) is 11.5 Å². The van der Waals surface area contributed by atoms with Gasteiger partial charge in [-0.15, -0.1) is 0 Å². The van der Waals surface area contributed by atoms with Crippen LogP contribution in [0.4, 0.5) is 0 Å². The first kappa shape index (κ1) is 24.2. The summed E-state index contributed by atoms with van der Waals surface area (Å²) in [4.78, 5) is 0. The van der Waals surface area contributed by atoms with Crippen LogP contribution < -0.4 is 0 Å². The zero-order chi connectivity index (χ0) is 23.0. The monoisotopic (exact) mass is 448 g/mol. The smallest absolute Gasteiger partial charge is 0.119 e. The SMILES string of the molecule is CCCCCCC(c1ccc(O)c(C2CCCCC2)c1)c1ccc(O)c(C2CCCCC2)c1. The Kier molecular flexibility index (Phi) is 8.75. The van der Waals surface area contributed by atoms with Crippen molar-refractivity contribution in [3.63, 3.8) is 0 Å². The first-order chi connectivity index (χ1) is 16.2. The minimum atomic E-state index is 0.327. The van der Waals surface area contributed by atoms with E-state index < -0.39 is 0 Å². The van der Waals surface area contributed by atoms with Crippen molar-refractivity contribution >= 4 is 0 Å². The van der Waals surface area contributed by atoms with Crippen molar-refractivity contribution in [2.45, 2.75) is 121 Å². The van der Waals surface area contributed by atoms with E-state index in [1.807, 2.05) is 12.1 Å². The van der Waals surface area contributed by atoms with Crippen LogP contribution in [0.2, 0.25) is 0 Å². The van der Waals surface area contributed by atoms with Gasteiger partial charge in [0.25, 0.3) is 0 Å². The van der Waals surface area contributed by atoms with Gasteiger partial charge in [0.1, 0.15) is 11.5 Å². The Labute approximate surface area is 201 Å². The highest BCUT2D eigenvalue weighted by Crippen LogP contribution is 2.42. The minimum Gasteiger partial charge on any atom is -0.508 e. The standard InChI is InChI=1S/C31H44O2/c1-2-3-4-11-16-27(25-17-19-30(32)28(21-25)23-12-7-5-8-13-23)26-18-20-31(33)29(22-26)24-14-9-6-10-15-24/h17-24,27,32-33H,2-16H2,1H3. The van der Waals surface area contributed by atoms with Gasteiger partial charge in [0.15, 0.2) is 0 Å². The molecule has 0 radical (unpaired) electrons. The molecule has 2 heteroatoms. The molecule has 180 valence electrons. The van der Waals surface area contributed by atoms with Gasteiger partial charge in [-0.25, -0.2) is 0 Å². The third-order valence-electron chi connectivity index (χ3n) is 8.34. The van der Waals surface area contributed by atoms with Crippen LogP contribution in [-0.2, 0) is 0 Å². The summed E-state index contributed by atoms with van der Waals surface area (Å²) in [5.74, 6) is 2.27. The van der Waals surface area contributed by atoms with Crippen LogP contribution >= 0.6 is 0 Å². The quantitative estimate of drug-likeness (QED) is 0.375. The van der Waals surface area contributed by atoms with Crippen LogP contribution in [0.25, 0.3) is 0 Å². The molecule has 0 atom stereocenters. The summed E-state index contributed by atoms with van der Waals surface area (Å²) in [6, 6.07) is 12.8. The number of phenolic OH excluding ortho intramolecular Hbond substituents is 2. The molecule has 0 unspecified atom stereocenters. The van der Waals surface area contributed by atoms with E-state index in [0.717, 1.165) is 17.5 Å². The fourth-order valence-electron chi connectivity index (χ4n) is 6.36. The average molecular weight is 449 g/mol. The Morgan fingerprint density at radius 2 is 1.15 bits per heavy atom. The average Bonchev–Trinajstić information content (AvgIpc) is 2.86. The molecule has 0 amide bonds. The topological polar surface area (TPSA) is 40.5 Å². The van der Waals surface area contributed by atoms with E-state index >= 15 is 0 Å². The maximum Gasteiger partial charge on any atom is 0.119 e. The lowest BCUT2D eigenvalue weighted by molar-refractivity contribution is 0.413. The summed E-state index contributed by atoms with van der Waals surface area (Å²) in [5.41, 5.74) is 5.00. The van der Waals surface area contributed by atoms with Crippen molar-refractivity contribution < 1.29 is 10.2 Å². The third kappa shape index (κ3) is 6.14. The normalized spacial score (nSPS) is 18.1. The molecule has 2 aliphatic carbocycles. The number of rotatable bonds is 9. The molecule has 2 aromatic carbocycles. The maximum atomic E-state index is 10.7. The molecule has 2 aliphatic rings. The second-order valence-electron chi connectivity index (χ2n) is 10.7. The van der Waals surface area contributed by atoms with Crippen molar-refractivity contribution in [3.05, 3.63) is 58.7 Å². The second-order valence-corrected chi connectivity index (χ2v) is 10.7. The highest BCUT2D eigenvalue weighted by atomic mass is 16.3. The molecule has 2 fully saturated rings. The Bertz CT molecular complexity index is 807. The van der Waals surface area contributed by atoms with Gasteiger partial charge in [-0.05, 0) is 78.3 Å². The molecule has 0 bridgehead atoms. The van der Waals surface area contributed by atoms with E-state index in [4.69, 9.17) is 0 Å². The summed E-state index contributed by atoms with van der Waals surface area (Å²) in [7, 11) is 0. The lowest BCUT2D eigenvalue weighted by Gasteiger charge is -2.27. The summed E-state index contributed by atoms with van der Waals surface area (Å²) in [6.07, 6.45) is 18.7. The van der Waals surface area contributed by atoms with Crippen molar-refractivity contribution in [2.75, 3.05) is 0 Å². The fraction of sp³-hybridized carbons (Fsp3) is 0.613. The number of phenols is 2. The highest BCUT2D eigenvalue weighted by molar-refractivity contribution is 5.46. The Hall–Kier alpha value is -1.96. The number of hydrogen-bond acceptors (Lipinski definition) is 2. The Morgan fingerprint density at radius 1 is 0.667 bits per heavy atom. The molecule has 2 N–H and O–H groups in total. The molecule has 0 heterocycles. The minimum absolute atomic E-state index is 0.327. The van der Waals surface area contributed by atoms with E-state index in [2.05, 4.69) is 31.2 Å². The molecule has 2 aromatic rings. The number of benzene rings is 2. The van der Waals surface area contributed by atoms with Crippen LogP contribution in [-0.4, -0.2) is 10.2 Å². The molecule has 33 heavy (non-hydrogen) atoms. The van der Waals surface area contributed by atoms with Crippen LogP contribution in [0.1, 0.15) is 143 Å². The van der Waals surface area contributed by atoms with Gasteiger partial charge in [0.2, 0.25) is 0 Å². The zero-order valence-corrected chi connectivity index (χ0v) is 20.7. The second kappa shape index (κ2) is 12.0. The van der Waals surface area contributed by atoms with Gasteiger partial charge in [-0.1, -0.05) is 95.4 Å². The van der Waals surface area contributed by atoms with E-state index in [-0.39, 0.29) is 0 Å². The van der Waals surface area contributed by atoms with E-state index in [1.54, 1.807) is 0 Å². The van der Waals surface area contributed by atoms with Crippen LogP contribution in [0.15, 0.2) is 36.4 Å². The fourth-order valence-corrected chi connectivity index (χ4v) is 6.36. The van der Waals surface area contributed by atoms with Gasteiger partial charge >= 0.3 is 0 Å².